The lowest BCUT2D eigenvalue weighted by atomic mass is 10.1. The quantitative estimate of drug-likeness (QED) is 0.829. The molecule has 3 nitrogen and oxygen atoms in total. The third-order valence-corrected chi connectivity index (χ3v) is 2.63. The number of carbonyl (C=O) groups excluding carboxylic acids is 1. The van der Waals surface area contributed by atoms with Crippen LogP contribution in [-0.4, -0.2) is 10.5 Å². The van der Waals surface area contributed by atoms with E-state index in [0.29, 0.717) is 5.02 Å². The molecule has 0 bridgehead atoms. The van der Waals surface area contributed by atoms with E-state index in [-0.39, 0.29) is 12.3 Å². The number of amides is 1. The average molecular weight is 223 g/mol. The molecule has 0 aliphatic heterocycles. The van der Waals surface area contributed by atoms with Crippen molar-refractivity contribution in [1.82, 2.24) is 4.57 Å². The highest BCUT2D eigenvalue weighted by atomic mass is 35.5. The Morgan fingerprint density at radius 2 is 2.27 bits per heavy atom. The van der Waals surface area contributed by atoms with E-state index in [9.17, 15) is 4.79 Å². The summed E-state index contributed by atoms with van der Waals surface area (Å²) in [5.41, 5.74) is 7.13. The van der Waals surface area contributed by atoms with Crippen LogP contribution in [0.4, 0.5) is 0 Å². The van der Waals surface area contributed by atoms with Crippen LogP contribution < -0.4 is 5.73 Å². The van der Waals surface area contributed by atoms with Crippen molar-refractivity contribution in [3.63, 3.8) is 0 Å². The van der Waals surface area contributed by atoms with Crippen molar-refractivity contribution in [3.05, 3.63) is 35.0 Å². The van der Waals surface area contributed by atoms with Crippen LogP contribution in [0, 0.1) is 0 Å². The van der Waals surface area contributed by atoms with Crippen LogP contribution in [0.3, 0.4) is 0 Å². The zero-order valence-electron chi connectivity index (χ0n) is 8.33. The van der Waals surface area contributed by atoms with Gasteiger partial charge in [-0.15, -0.1) is 0 Å². The van der Waals surface area contributed by atoms with E-state index < -0.39 is 0 Å². The number of carbonyl (C=O) groups is 1. The Kier molecular flexibility index (Phi) is 2.40. The molecule has 1 aromatic heterocycles. The fourth-order valence-electron chi connectivity index (χ4n) is 1.77. The first-order valence-electron chi connectivity index (χ1n) is 4.59. The normalized spacial score (nSPS) is 10.8. The summed E-state index contributed by atoms with van der Waals surface area (Å²) in [6, 6.07) is 5.60. The fourth-order valence-corrected chi connectivity index (χ4v) is 1.94. The largest absolute Gasteiger partial charge is 0.369 e. The molecule has 0 unspecified atom stereocenters. The van der Waals surface area contributed by atoms with Gasteiger partial charge in [0.05, 0.1) is 6.42 Å². The molecule has 1 aromatic carbocycles. The number of benzene rings is 1. The summed E-state index contributed by atoms with van der Waals surface area (Å²) in [4.78, 5) is 10.9. The zero-order chi connectivity index (χ0) is 11.0. The number of rotatable bonds is 2. The molecule has 0 spiro atoms. The monoisotopic (exact) mass is 222 g/mol. The number of halogens is 1. The highest BCUT2D eigenvalue weighted by molar-refractivity contribution is 6.31. The van der Waals surface area contributed by atoms with Crippen LogP contribution >= 0.6 is 11.6 Å². The minimum atomic E-state index is -0.322. The molecule has 0 aliphatic carbocycles. The maximum absolute atomic E-state index is 10.9. The molecule has 0 saturated heterocycles. The molecule has 2 aromatic rings. The average Bonchev–Trinajstić information content (AvgIpc) is 2.42. The van der Waals surface area contributed by atoms with Crippen molar-refractivity contribution >= 4 is 28.4 Å². The maximum Gasteiger partial charge on any atom is 0.221 e. The SMILES string of the molecule is Cn1cc(CC(N)=O)c2ccc(Cl)cc21. The minimum absolute atomic E-state index is 0.263. The summed E-state index contributed by atoms with van der Waals surface area (Å²) in [6.07, 6.45) is 2.17. The first-order chi connectivity index (χ1) is 7.08. The van der Waals surface area contributed by atoms with Gasteiger partial charge in [0.1, 0.15) is 0 Å². The van der Waals surface area contributed by atoms with Crippen LogP contribution in [0.1, 0.15) is 5.56 Å². The van der Waals surface area contributed by atoms with E-state index in [0.717, 1.165) is 16.5 Å². The van der Waals surface area contributed by atoms with Gasteiger partial charge in [-0.3, -0.25) is 4.79 Å². The van der Waals surface area contributed by atoms with Gasteiger partial charge in [0.25, 0.3) is 0 Å². The van der Waals surface area contributed by atoms with Crippen LogP contribution in [0.15, 0.2) is 24.4 Å². The van der Waals surface area contributed by atoms with Crippen LogP contribution in [0.5, 0.6) is 0 Å². The molecule has 78 valence electrons. The number of nitrogens with two attached hydrogens (primary N) is 1. The number of nitrogens with zero attached hydrogens (tertiary/aromatic N) is 1. The summed E-state index contributed by atoms with van der Waals surface area (Å²) in [6.45, 7) is 0. The number of aryl methyl sites for hydroxylation is 1. The Morgan fingerprint density at radius 3 is 2.93 bits per heavy atom. The van der Waals surface area contributed by atoms with Crippen molar-refractivity contribution in [2.45, 2.75) is 6.42 Å². The van der Waals surface area contributed by atoms with Crippen LogP contribution in [0.25, 0.3) is 10.9 Å². The Bertz CT molecular complexity index is 531. The summed E-state index contributed by atoms with van der Waals surface area (Å²) >= 11 is 5.90. The molecule has 2 N–H and O–H groups in total. The number of hydrogen-bond donors (Lipinski definition) is 1. The van der Waals surface area contributed by atoms with Gasteiger partial charge in [-0.25, -0.2) is 0 Å². The molecule has 0 radical (unpaired) electrons. The maximum atomic E-state index is 10.9. The topological polar surface area (TPSA) is 48.0 Å². The third-order valence-electron chi connectivity index (χ3n) is 2.40. The van der Waals surface area contributed by atoms with Crippen molar-refractivity contribution < 1.29 is 4.79 Å². The number of aromatic nitrogens is 1. The second kappa shape index (κ2) is 3.59. The molecular formula is C11H11ClN2O. The lowest BCUT2D eigenvalue weighted by Gasteiger charge is -1.96. The minimum Gasteiger partial charge on any atom is -0.369 e. The molecule has 4 heteroatoms. The molecule has 0 saturated carbocycles. The Balaban J connectivity index is 2.62. The lowest BCUT2D eigenvalue weighted by Crippen LogP contribution is -2.13. The zero-order valence-corrected chi connectivity index (χ0v) is 9.08. The molecule has 15 heavy (non-hydrogen) atoms. The standard InChI is InChI=1S/C11H11ClN2O/c1-14-6-7(4-11(13)15)9-3-2-8(12)5-10(9)14/h2-3,5-6H,4H2,1H3,(H2,13,15). The van der Waals surface area contributed by atoms with Gasteiger partial charge >= 0.3 is 0 Å². The van der Waals surface area contributed by atoms with Gasteiger partial charge in [-0.05, 0) is 17.7 Å². The van der Waals surface area contributed by atoms with Crippen LogP contribution in [-0.2, 0) is 18.3 Å². The Labute approximate surface area is 92.4 Å². The van der Waals surface area contributed by atoms with Crippen molar-refractivity contribution in [1.29, 1.82) is 0 Å². The Hall–Kier alpha value is -1.48. The van der Waals surface area contributed by atoms with E-state index in [4.69, 9.17) is 17.3 Å². The van der Waals surface area contributed by atoms with Crippen molar-refractivity contribution in [2.24, 2.45) is 12.8 Å². The van der Waals surface area contributed by atoms with E-state index in [1.165, 1.54) is 0 Å². The van der Waals surface area contributed by atoms with E-state index in [1.54, 1.807) is 0 Å². The van der Waals surface area contributed by atoms with Crippen molar-refractivity contribution in [2.75, 3.05) is 0 Å². The molecule has 2 rings (SSSR count). The first kappa shape index (κ1) is 10.1. The smallest absolute Gasteiger partial charge is 0.221 e. The molecule has 0 fully saturated rings. The van der Waals surface area contributed by atoms with Gasteiger partial charge in [-0.2, -0.15) is 0 Å². The summed E-state index contributed by atoms with van der Waals surface area (Å²) in [5, 5.41) is 1.72. The van der Waals surface area contributed by atoms with E-state index in [1.807, 2.05) is 36.0 Å². The molecular weight excluding hydrogens is 212 g/mol. The number of hydrogen-bond acceptors (Lipinski definition) is 1. The van der Waals surface area contributed by atoms with Gasteiger partial charge in [-0.1, -0.05) is 17.7 Å². The highest BCUT2D eigenvalue weighted by Gasteiger charge is 2.08. The second-order valence-electron chi connectivity index (χ2n) is 3.57. The first-order valence-corrected chi connectivity index (χ1v) is 4.97. The van der Waals surface area contributed by atoms with Gasteiger partial charge in [0.15, 0.2) is 0 Å². The Morgan fingerprint density at radius 1 is 1.53 bits per heavy atom. The predicted molar refractivity (Wildman–Crippen MR) is 60.8 cm³/mol. The summed E-state index contributed by atoms with van der Waals surface area (Å²) in [7, 11) is 1.92. The van der Waals surface area contributed by atoms with E-state index >= 15 is 0 Å². The number of primary amides is 1. The van der Waals surface area contributed by atoms with E-state index in [2.05, 4.69) is 0 Å². The van der Waals surface area contributed by atoms with Crippen molar-refractivity contribution in [3.8, 4) is 0 Å². The summed E-state index contributed by atoms with van der Waals surface area (Å²) < 4.78 is 1.94. The predicted octanol–water partition coefficient (Wildman–Crippen LogP) is 1.86. The molecule has 0 atom stereocenters. The fraction of sp³-hybridized carbons (Fsp3) is 0.182. The highest BCUT2D eigenvalue weighted by Crippen LogP contribution is 2.24. The summed E-state index contributed by atoms with van der Waals surface area (Å²) in [5.74, 6) is -0.322. The molecule has 1 amide bonds. The number of fused-ring (bicyclic) bond motifs is 1. The van der Waals surface area contributed by atoms with Gasteiger partial charge < -0.3 is 10.3 Å². The van der Waals surface area contributed by atoms with Gasteiger partial charge in [0, 0.05) is 29.2 Å². The lowest BCUT2D eigenvalue weighted by molar-refractivity contribution is -0.117. The van der Waals surface area contributed by atoms with Crippen LogP contribution in [0.2, 0.25) is 5.02 Å². The molecule has 1 heterocycles. The molecule has 0 aliphatic rings. The van der Waals surface area contributed by atoms with Gasteiger partial charge in [0.2, 0.25) is 5.91 Å². The third kappa shape index (κ3) is 1.83. The second-order valence-corrected chi connectivity index (χ2v) is 4.01.